The molecular formula is C15H24N2O. The molecule has 0 saturated carbocycles. The van der Waals surface area contributed by atoms with Crippen molar-refractivity contribution in [3.63, 3.8) is 0 Å². The lowest BCUT2D eigenvalue weighted by Gasteiger charge is -2.20. The maximum Gasteiger partial charge on any atom is 0.239 e. The molecule has 0 saturated heterocycles. The number of nitrogens with one attached hydrogen (secondary N) is 1. The zero-order valence-corrected chi connectivity index (χ0v) is 12.1. The van der Waals surface area contributed by atoms with E-state index in [-0.39, 0.29) is 11.9 Å². The largest absolute Gasteiger partial charge is 0.345 e. The lowest BCUT2D eigenvalue weighted by atomic mass is 10.1. The molecule has 1 atom stereocenters. The fraction of sp³-hybridized carbons (Fsp3) is 0.533. The lowest BCUT2D eigenvalue weighted by Crippen LogP contribution is -2.42. The van der Waals surface area contributed by atoms with Gasteiger partial charge in [-0.2, -0.15) is 0 Å². The summed E-state index contributed by atoms with van der Waals surface area (Å²) in [5, 5.41) is 3.27. The fourth-order valence-corrected chi connectivity index (χ4v) is 1.76. The molecule has 0 aliphatic carbocycles. The summed E-state index contributed by atoms with van der Waals surface area (Å²) >= 11 is 0. The van der Waals surface area contributed by atoms with Crippen LogP contribution in [-0.4, -0.2) is 30.4 Å². The average Bonchev–Trinajstić information content (AvgIpc) is 2.37. The van der Waals surface area contributed by atoms with Crippen LogP contribution in [0.2, 0.25) is 0 Å². The van der Waals surface area contributed by atoms with Crippen molar-refractivity contribution in [2.45, 2.75) is 40.3 Å². The zero-order chi connectivity index (χ0) is 13.7. The standard InChI is InChI=1S/C15H24N2O/c1-6-17(5)15(18)13(4)16-10-14-8-7-11(2)12(3)9-14/h7-9,13,16H,6,10H2,1-5H3. The van der Waals surface area contributed by atoms with Gasteiger partial charge >= 0.3 is 0 Å². The van der Waals surface area contributed by atoms with Crippen molar-refractivity contribution in [3.8, 4) is 0 Å². The summed E-state index contributed by atoms with van der Waals surface area (Å²) < 4.78 is 0. The first kappa shape index (κ1) is 14.7. The third kappa shape index (κ3) is 3.84. The van der Waals surface area contributed by atoms with Crippen LogP contribution in [-0.2, 0) is 11.3 Å². The zero-order valence-electron chi connectivity index (χ0n) is 12.1. The highest BCUT2D eigenvalue weighted by Crippen LogP contribution is 2.09. The third-order valence-corrected chi connectivity index (χ3v) is 3.40. The third-order valence-electron chi connectivity index (χ3n) is 3.40. The van der Waals surface area contributed by atoms with E-state index in [4.69, 9.17) is 0 Å². The Balaban J connectivity index is 2.54. The van der Waals surface area contributed by atoms with Gasteiger partial charge in [0.05, 0.1) is 6.04 Å². The molecule has 0 aromatic heterocycles. The van der Waals surface area contributed by atoms with E-state index in [1.165, 1.54) is 16.7 Å². The van der Waals surface area contributed by atoms with E-state index in [1.54, 1.807) is 4.90 Å². The summed E-state index contributed by atoms with van der Waals surface area (Å²) in [6.07, 6.45) is 0. The SMILES string of the molecule is CCN(C)C(=O)C(C)NCc1ccc(C)c(C)c1. The Morgan fingerprint density at radius 2 is 2.00 bits per heavy atom. The van der Waals surface area contributed by atoms with E-state index < -0.39 is 0 Å². The van der Waals surface area contributed by atoms with Gasteiger partial charge in [-0.25, -0.2) is 0 Å². The van der Waals surface area contributed by atoms with Crippen molar-refractivity contribution in [1.82, 2.24) is 10.2 Å². The number of aryl methyl sites for hydroxylation is 2. The van der Waals surface area contributed by atoms with Gasteiger partial charge in [0.1, 0.15) is 0 Å². The first-order valence-electron chi connectivity index (χ1n) is 6.50. The molecule has 0 aliphatic rings. The summed E-state index contributed by atoms with van der Waals surface area (Å²) in [6.45, 7) is 9.58. The van der Waals surface area contributed by atoms with Crippen LogP contribution in [0.3, 0.4) is 0 Å². The Morgan fingerprint density at radius 3 is 2.56 bits per heavy atom. The Kier molecular flexibility index (Phi) is 5.35. The van der Waals surface area contributed by atoms with Crippen LogP contribution in [0, 0.1) is 13.8 Å². The molecule has 0 bridgehead atoms. The molecule has 1 N–H and O–H groups in total. The molecule has 1 aromatic rings. The van der Waals surface area contributed by atoms with Gasteiger partial charge < -0.3 is 10.2 Å². The van der Waals surface area contributed by atoms with Crippen LogP contribution in [0.5, 0.6) is 0 Å². The molecule has 0 aliphatic heterocycles. The van der Waals surface area contributed by atoms with Crippen molar-refractivity contribution < 1.29 is 4.79 Å². The second-order valence-corrected chi connectivity index (χ2v) is 4.87. The summed E-state index contributed by atoms with van der Waals surface area (Å²) in [4.78, 5) is 13.6. The number of likely N-dealkylation sites (N-methyl/N-ethyl adjacent to an activating group) is 1. The highest BCUT2D eigenvalue weighted by atomic mass is 16.2. The summed E-state index contributed by atoms with van der Waals surface area (Å²) in [5.41, 5.74) is 3.81. The van der Waals surface area contributed by atoms with E-state index in [0.29, 0.717) is 0 Å². The fourth-order valence-electron chi connectivity index (χ4n) is 1.76. The predicted octanol–water partition coefficient (Wildman–Crippen LogP) is 2.26. The molecule has 0 spiro atoms. The number of hydrogen-bond donors (Lipinski definition) is 1. The van der Waals surface area contributed by atoms with Gasteiger partial charge in [-0.1, -0.05) is 18.2 Å². The lowest BCUT2D eigenvalue weighted by molar-refractivity contribution is -0.131. The molecule has 100 valence electrons. The molecule has 0 radical (unpaired) electrons. The number of rotatable bonds is 5. The molecule has 1 amide bonds. The van der Waals surface area contributed by atoms with Gasteiger partial charge in [0.25, 0.3) is 0 Å². The highest BCUT2D eigenvalue weighted by molar-refractivity contribution is 5.81. The van der Waals surface area contributed by atoms with Crippen LogP contribution in [0.4, 0.5) is 0 Å². The monoisotopic (exact) mass is 248 g/mol. The van der Waals surface area contributed by atoms with E-state index in [0.717, 1.165) is 13.1 Å². The van der Waals surface area contributed by atoms with Crippen LogP contribution in [0.1, 0.15) is 30.5 Å². The number of hydrogen-bond acceptors (Lipinski definition) is 2. The van der Waals surface area contributed by atoms with Crippen LogP contribution < -0.4 is 5.32 Å². The summed E-state index contributed by atoms with van der Waals surface area (Å²) in [5.74, 6) is 0.140. The Bertz CT molecular complexity index is 415. The van der Waals surface area contributed by atoms with E-state index in [9.17, 15) is 4.79 Å². The molecule has 1 aromatic carbocycles. The quantitative estimate of drug-likeness (QED) is 0.867. The van der Waals surface area contributed by atoms with Gasteiger partial charge in [-0.15, -0.1) is 0 Å². The first-order valence-corrected chi connectivity index (χ1v) is 6.50. The van der Waals surface area contributed by atoms with Gasteiger partial charge in [-0.05, 0) is 44.4 Å². The van der Waals surface area contributed by atoms with E-state index in [2.05, 4.69) is 37.4 Å². The maximum absolute atomic E-state index is 11.9. The van der Waals surface area contributed by atoms with Crippen molar-refractivity contribution >= 4 is 5.91 Å². The Hall–Kier alpha value is -1.35. The minimum atomic E-state index is -0.142. The molecule has 18 heavy (non-hydrogen) atoms. The topological polar surface area (TPSA) is 32.3 Å². The number of nitrogens with zero attached hydrogens (tertiary/aromatic N) is 1. The van der Waals surface area contributed by atoms with Crippen LogP contribution in [0.25, 0.3) is 0 Å². The highest BCUT2D eigenvalue weighted by Gasteiger charge is 2.15. The number of amides is 1. The predicted molar refractivity (Wildman–Crippen MR) is 75.5 cm³/mol. The smallest absolute Gasteiger partial charge is 0.239 e. The van der Waals surface area contributed by atoms with Crippen molar-refractivity contribution in [1.29, 1.82) is 0 Å². The average molecular weight is 248 g/mol. The minimum Gasteiger partial charge on any atom is -0.345 e. The Morgan fingerprint density at radius 1 is 1.33 bits per heavy atom. The van der Waals surface area contributed by atoms with E-state index >= 15 is 0 Å². The number of benzene rings is 1. The summed E-state index contributed by atoms with van der Waals surface area (Å²) in [6, 6.07) is 6.26. The number of carbonyl (C=O) groups excluding carboxylic acids is 1. The van der Waals surface area contributed by atoms with Gasteiger partial charge in [-0.3, -0.25) is 4.79 Å². The van der Waals surface area contributed by atoms with Gasteiger partial charge in [0.2, 0.25) is 5.91 Å². The maximum atomic E-state index is 11.9. The van der Waals surface area contributed by atoms with Crippen molar-refractivity contribution in [2.24, 2.45) is 0 Å². The molecule has 0 fully saturated rings. The second-order valence-electron chi connectivity index (χ2n) is 4.87. The van der Waals surface area contributed by atoms with Crippen molar-refractivity contribution in [2.75, 3.05) is 13.6 Å². The molecule has 1 rings (SSSR count). The Labute approximate surface area is 110 Å². The second kappa shape index (κ2) is 6.55. The molecule has 3 nitrogen and oxygen atoms in total. The molecule has 0 heterocycles. The van der Waals surface area contributed by atoms with Crippen LogP contribution >= 0.6 is 0 Å². The molecular weight excluding hydrogens is 224 g/mol. The first-order chi connectivity index (χ1) is 8.45. The summed E-state index contributed by atoms with van der Waals surface area (Å²) in [7, 11) is 1.83. The van der Waals surface area contributed by atoms with Crippen LogP contribution in [0.15, 0.2) is 18.2 Å². The van der Waals surface area contributed by atoms with Gasteiger partial charge in [0, 0.05) is 20.1 Å². The van der Waals surface area contributed by atoms with E-state index in [1.807, 2.05) is 20.9 Å². The molecule has 1 unspecified atom stereocenters. The molecule has 3 heteroatoms. The van der Waals surface area contributed by atoms with Gasteiger partial charge in [0.15, 0.2) is 0 Å². The normalized spacial score (nSPS) is 12.3. The minimum absolute atomic E-state index is 0.140. The van der Waals surface area contributed by atoms with Crippen molar-refractivity contribution in [3.05, 3.63) is 34.9 Å². The number of carbonyl (C=O) groups is 1.